The predicted octanol–water partition coefficient (Wildman–Crippen LogP) is -0.00339. The molecule has 0 fully saturated rings. The summed E-state index contributed by atoms with van der Waals surface area (Å²) in [6.45, 7) is 3.42. The summed E-state index contributed by atoms with van der Waals surface area (Å²) in [5.74, 6) is -1.89. The minimum absolute atomic E-state index is 0.185. The van der Waals surface area contributed by atoms with Gasteiger partial charge in [-0.05, 0) is 13.0 Å². The molecule has 0 saturated carbocycles. The minimum Gasteiger partial charge on any atom is -0.347 e. The molecule has 0 saturated heterocycles. The fourth-order valence-electron chi connectivity index (χ4n) is 0.703. The van der Waals surface area contributed by atoms with Crippen LogP contribution in [0.1, 0.15) is 19.0 Å². The van der Waals surface area contributed by atoms with Crippen LogP contribution in [0.25, 0.3) is 0 Å². The highest BCUT2D eigenvalue weighted by atomic mass is 16.5. The van der Waals surface area contributed by atoms with Crippen LogP contribution < -0.4 is 0 Å². The van der Waals surface area contributed by atoms with Crippen LogP contribution in [0.4, 0.5) is 0 Å². The van der Waals surface area contributed by atoms with Gasteiger partial charge in [0.2, 0.25) is 0 Å². The Hall–Kier alpha value is -0.870. The molecule has 0 aliphatic heterocycles. The van der Waals surface area contributed by atoms with E-state index in [0.717, 1.165) is 4.68 Å². The van der Waals surface area contributed by atoms with Gasteiger partial charge in [0, 0.05) is 6.42 Å². The van der Waals surface area contributed by atoms with Gasteiger partial charge in [0.15, 0.2) is 0 Å². The Bertz CT molecular complexity index is 242. The van der Waals surface area contributed by atoms with E-state index in [4.69, 9.17) is 0 Å². The molecule has 0 aliphatic carbocycles. The van der Waals surface area contributed by atoms with Crippen molar-refractivity contribution in [1.29, 1.82) is 0 Å². The third-order valence-corrected chi connectivity index (χ3v) is 1.47. The second kappa shape index (κ2) is 2.64. The predicted molar refractivity (Wildman–Crippen MR) is 38.5 cm³/mol. The second-order valence-electron chi connectivity index (χ2n) is 2.45. The van der Waals surface area contributed by atoms with Crippen LogP contribution in [0.15, 0.2) is 6.07 Å². The topological polar surface area (TPSA) is 58.3 Å². The van der Waals surface area contributed by atoms with E-state index in [1.165, 1.54) is 0 Å². The highest BCUT2D eigenvalue weighted by Crippen LogP contribution is 2.11. The molecule has 0 aromatic carbocycles. The summed E-state index contributed by atoms with van der Waals surface area (Å²) >= 11 is 0. The van der Waals surface area contributed by atoms with Gasteiger partial charge in [-0.15, -0.1) is 0 Å². The molecule has 0 amide bonds. The van der Waals surface area contributed by atoms with E-state index >= 15 is 0 Å². The Balaban J connectivity index is 2.92. The Morgan fingerprint density at radius 3 is 2.73 bits per heavy atom. The molecular weight excluding hydrogens is 144 g/mol. The highest BCUT2D eigenvalue weighted by molar-refractivity contribution is 4.94. The number of hydrogen-bond donors (Lipinski definition) is 2. The SMILES string of the molecule is CCC(O)(O)n1[c]cc(C)n1. The Morgan fingerprint density at radius 1 is 1.73 bits per heavy atom. The standard InChI is InChI=1S/C7H11N2O2/c1-3-7(10,11)9-5-4-6(2)8-9/h4,10-11H,3H2,1-2H3. The lowest BCUT2D eigenvalue weighted by atomic mass is 10.4. The van der Waals surface area contributed by atoms with E-state index in [2.05, 4.69) is 11.3 Å². The monoisotopic (exact) mass is 155 g/mol. The van der Waals surface area contributed by atoms with Crippen LogP contribution in [0.5, 0.6) is 0 Å². The van der Waals surface area contributed by atoms with Crippen LogP contribution in [-0.4, -0.2) is 20.0 Å². The summed E-state index contributed by atoms with van der Waals surface area (Å²) in [7, 11) is 0. The first-order valence-corrected chi connectivity index (χ1v) is 3.46. The van der Waals surface area contributed by atoms with Crippen molar-refractivity contribution in [3.8, 4) is 0 Å². The maximum Gasteiger partial charge on any atom is 0.266 e. The Kier molecular flexibility index (Phi) is 1.97. The van der Waals surface area contributed by atoms with Crippen molar-refractivity contribution in [2.24, 2.45) is 0 Å². The molecule has 1 heterocycles. The lowest BCUT2D eigenvalue weighted by Crippen LogP contribution is -2.32. The van der Waals surface area contributed by atoms with Gasteiger partial charge in [-0.1, -0.05) is 6.92 Å². The van der Waals surface area contributed by atoms with Crippen molar-refractivity contribution < 1.29 is 10.2 Å². The molecule has 1 aromatic rings. The summed E-state index contributed by atoms with van der Waals surface area (Å²) in [4.78, 5) is 0. The normalized spacial score (nSPS) is 12.0. The molecule has 0 spiro atoms. The molecule has 1 radical (unpaired) electrons. The molecule has 0 atom stereocenters. The largest absolute Gasteiger partial charge is 0.347 e. The number of hydrogen-bond acceptors (Lipinski definition) is 3. The van der Waals surface area contributed by atoms with Crippen molar-refractivity contribution in [3.05, 3.63) is 18.0 Å². The van der Waals surface area contributed by atoms with Crippen molar-refractivity contribution in [3.63, 3.8) is 0 Å². The summed E-state index contributed by atoms with van der Waals surface area (Å²) < 4.78 is 1.02. The van der Waals surface area contributed by atoms with E-state index in [0.29, 0.717) is 5.69 Å². The van der Waals surface area contributed by atoms with E-state index in [-0.39, 0.29) is 6.42 Å². The zero-order chi connectivity index (χ0) is 8.48. The molecular formula is C7H11N2O2. The molecule has 1 aromatic heterocycles. The third-order valence-electron chi connectivity index (χ3n) is 1.47. The zero-order valence-electron chi connectivity index (χ0n) is 6.57. The fourth-order valence-corrected chi connectivity index (χ4v) is 0.703. The molecule has 0 unspecified atom stereocenters. The molecule has 11 heavy (non-hydrogen) atoms. The van der Waals surface area contributed by atoms with Crippen LogP contribution in [-0.2, 0) is 5.91 Å². The maximum absolute atomic E-state index is 9.23. The molecule has 2 N–H and O–H groups in total. The van der Waals surface area contributed by atoms with Crippen LogP contribution in [0.3, 0.4) is 0 Å². The Morgan fingerprint density at radius 2 is 2.36 bits per heavy atom. The second-order valence-corrected chi connectivity index (χ2v) is 2.45. The summed E-state index contributed by atoms with van der Waals surface area (Å²) in [6.07, 6.45) is 2.79. The van der Waals surface area contributed by atoms with Crippen LogP contribution in [0, 0.1) is 13.1 Å². The van der Waals surface area contributed by atoms with Crippen molar-refractivity contribution >= 4 is 0 Å². The summed E-state index contributed by atoms with van der Waals surface area (Å²) in [5.41, 5.74) is 0.714. The number of nitrogens with zero attached hydrogens (tertiary/aromatic N) is 2. The van der Waals surface area contributed by atoms with E-state index in [1.807, 2.05) is 0 Å². The minimum atomic E-state index is -1.89. The van der Waals surface area contributed by atoms with Gasteiger partial charge in [-0.25, -0.2) is 4.68 Å². The van der Waals surface area contributed by atoms with Gasteiger partial charge in [0.1, 0.15) is 0 Å². The van der Waals surface area contributed by atoms with Crippen LogP contribution in [0.2, 0.25) is 0 Å². The lowest BCUT2D eigenvalue weighted by molar-refractivity contribution is -0.238. The first kappa shape index (κ1) is 8.23. The fraction of sp³-hybridized carbons (Fsp3) is 0.571. The number of rotatable bonds is 2. The van der Waals surface area contributed by atoms with E-state index in [1.54, 1.807) is 19.9 Å². The van der Waals surface area contributed by atoms with Crippen molar-refractivity contribution in [1.82, 2.24) is 9.78 Å². The van der Waals surface area contributed by atoms with Gasteiger partial charge in [-0.2, -0.15) is 5.10 Å². The molecule has 0 aliphatic rings. The first-order valence-electron chi connectivity index (χ1n) is 3.46. The molecule has 0 bridgehead atoms. The highest BCUT2D eigenvalue weighted by Gasteiger charge is 2.23. The average Bonchev–Trinajstić information content (AvgIpc) is 2.36. The molecule has 1 rings (SSSR count). The van der Waals surface area contributed by atoms with Gasteiger partial charge in [0.25, 0.3) is 5.91 Å². The van der Waals surface area contributed by atoms with Gasteiger partial charge in [0.05, 0.1) is 11.9 Å². The van der Waals surface area contributed by atoms with Crippen molar-refractivity contribution in [2.75, 3.05) is 0 Å². The quantitative estimate of drug-likeness (QED) is 0.591. The molecule has 4 heteroatoms. The van der Waals surface area contributed by atoms with Crippen molar-refractivity contribution in [2.45, 2.75) is 26.2 Å². The Labute approximate surface area is 65.1 Å². The molecule has 4 nitrogen and oxygen atoms in total. The smallest absolute Gasteiger partial charge is 0.266 e. The van der Waals surface area contributed by atoms with Gasteiger partial charge in [-0.3, -0.25) is 0 Å². The maximum atomic E-state index is 9.23. The zero-order valence-corrected chi connectivity index (χ0v) is 6.57. The first-order chi connectivity index (χ1) is 5.06. The molecule has 61 valence electrons. The van der Waals surface area contributed by atoms with E-state index in [9.17, 15) is 10.2 Å². The summed E-state index contributed by atoms with van der Waals surface area (Å²) in [6, 6.07) is 1.59. The van der Waals surface area contributed by atoms with Gasteiger partial charge < -0.3 is 10.2 Å². The van der Waals surface area contributed by atoms with E-state index < -0.39 is 5.91 Å². The summed E-state index contributed by atoms with van der Waals surface area (Å²) in [5, 5.41) is 22.3. The lowest BCUT2D eigenvalue weighted by Gasteiger charge is -2.18. The number of aromatic nitrogens is 2. The van der Waals surface area contributed by atoms with Crippen LogP contribution >= 0.6 is 0 Å². The average molecular weight is 155 g/mol. The number of aryl methyl sites for hydroxylation is 1. The third kappa shape index (κ3) is 1.58. The number of aliphatic hydroxyl groups is 2. The van der Waals surface area contributed by atoms with Gasteiger partial charge >= 0.3 is 0 Å².